The molecule has 2 bridgehead atoms. The lowest BCUT2D eigenvalue weighted by Crippen LogP contribution is -2.39. The molecule has 1 aromatic rings. The van der Waals surface area contributed by atoms with Crippen molar-refractivity contribution in [3.05, 3.63) is 24.0 Å². The maximum absolute atomic E-state index is 5.16. The summed E-state index contributed by atoms with van der Waals surface area (Å²) in [5.41, 5.74) is 2.40. The maximum atomic E-state index is 5.16. The van der Waals surface area contributed by atoms with E-state index in [9.17, 15) is 0 Å². The second-order valence-corrected chi connectivity index (χ2v) is 5.05. The van der Waals surface area contributed by atoms with Gasteiger partial charge in [0.2, 0.25) is 0 Å². The second-order valence-electron chi connectivity index (χ2n) is 5.05. The van der Waals surface area contributed by atoms with Crippen LogP contribution in [0, 0.1) is 5.92 Å². The molecule has 2 aliphatic heterocycles. The van der Waals surface area contributed by atoms with Gasteiger partial charge in [0, 0.05) is 32.4 Å². The zero-order valence-corrected chi connectivity index (χ0v) is 10.2. The van der Waals surface area contributed by atoms with E-state index in [1.165, 1.54) is 12.1 Å². The Morgan fingerprint density at radius 3 is 3.24 bits per heavy atom. The molecule has 2 saturated heterocycles. The highest BCUT2D eigenvalue weighted by molar-refractivity contribution is 5.48. The lowest BCUT2D eigenvalue weighted by Gasteiger charge is -2.26. The van der Waals surface area contributed by atoms with Gasteiger partial charge in [-0.2, -0.15) is 0 Å². The fourth-order valence-corrected chi connectivity index (χ4v) is 3.00. The molecule has 17 heavy (non-hydrogen) atoms. The standard InChI is InChI=1S/C13H19N3O/c1-17-9-11-3-13(7-15-5-11)16-8-10-2-12(16)6-14-4-10/h3,5,7,10,12,14H,2,4,6,8-9H2,1H3. The van der Waals surface area contributed by atoms with E-state index in [1.54, 1.807) is 7.11 Å². The van der Waals surface area contributed by atoms with Gasteiger partial charge >= 0.3 is 0 Å². The lowest BCUT2D eigenvalue weighted by atomic mass is 10.0. The first-order valence-electron chi connectivity index (χ1n) is 6.27. The van der Waals surface area contributed by atoms with Crippen molar-refractivity contribution in [3.8, 4) is 0 Å². The van der Waals surface area contributed by atoms with Crippen LogP contribution in [0.2, 0.25) is 0 Å². The summed E-state index contributed by atoms with van der Waals surface area (Å²) in [5, 5.41) is 3.50. The highest BCUT2D eigenvalue weighted by Gasteiger charge is 2.35. The van der Waals surface area contributed by atoms with Crippen LogP contribution in [0.5, 0.6) is 0 Å². The van der Waals surface area contributed by atoms with Crippen LogP contribution >= 0.6 is 0 Å². The van der Waals surface area contributed by atoms with E-state index in [-0.39, 0.29) is 0 Å². The number of piperidine rings is 1. The summed E-state index contributed by atoms with van der Waals surface area (Å²) < 4.78 is 5.16. The van der Waals surface area contributed by atoms with Crippen LogP contribution in [-0.4, -0.2) is 37.8 Å². The van der Waals surface area contributed by atoms with Crippen molar-refractivity contribution >= 4 is 5.69 Å². The zero-order chi connectivity index (χ0) is 11.7. The minimum absolute atomic E-state index is 0.640. The first-order valence-corrected chi connectivity index (χ1v) is 6.27. The second kappa shape index (κ2) is 4.63. The average Bonchev–Trinajstić information content (AvgIpc) is 2.65. The normalized spacial score (nSPS) is 27.5. The molecular formula is C13H19N3O. The Bertz CT molecular complexity index is 396. The number of anilines is 1. The predicted molar refractivity (Wildman–Crippen MR) is 67.1 cm³/mol. The van der Waals surface area contributed by atoms with E-state index in [2.05, 4.69) is 21.3 Å². The van der Waals surface area contributed by atoms with Crippen molar-refractivity contribution in [2.24, 2.45) is 5.92 Å². The zero-order valence-electron chi connectivity index (χ0n) is 10.2. The largest absolute Gasteiger partial charge is 0.380 e. The van der Waals surface area contributed by atoms with E-state index in [1.807, 2.05) is 12.4 Å². The molecule has 0 aliphatic carbocycles. The van der Waals surface area contributed by atoms with Crippen molar-refractivity contribution in [3.63, 3.8) is 0 Å². The van der Waals surface area contributed by atoms with Gasteiger partial charge in [0.05, 0.1) is 18.5 Å². The molecule has 2 atom stereocenters. The van der Waals surface area contributed by atoms with Crippen LogP contribution in [0.15, 0.2) is 18.5 Å². The molecule has 2 unspecified atom stereocenters. The molecule has 4 nitrogen and oxygen atoms in total. The quantitative estimate of drug-likeness (QED) is 0.846. The molecule has 92 valence electrons. The molecule has 0 aromatic carbocycles. The molecular weight excluding hydrogens is 214 g/mol. The minimum Gasteiger partial charge on any atom is -0.380 e. The number of rotatable bonds is 3. The van der Waals surface area contributed by atoms with E-state index in [0.717, 1.165) is 31.1 Å². The number of methoxy groups -OCH3 is 1. The van der Waals surface area contributed by atoms with Crippen molar-refractivity contribution in [2.75, 3.05) is 31.6 Å². The van der Waals surface area contributed by atoms with Gasteiger partial charge in [0.15, 0.2) is 0 Å². The number of nitrogens with one attached hydrogen (secondary N) is 1. The number of nitrogens with zero attached hydrogens (tertiary/aromatic N) is 2. The summed E-state index contributed by atoms with van der Waals surface area (Å²) in [5.74, 6) is 0.805. The summed E-state index contributed by atoms with van der Waals surface area (Å²) in [6.07, 6.45) is 5.18. The van der Waals surface area contributed by atoms with Crippen molar-refractivity contribution in [1.29, 1.82) is 0 Å². The average molecular weight is 233 g/mol. The van der Waals surface area contributed by atoms with Gasteiger partial charge < -0.3 is 15.0 Å². The Morgan fingerprint density at radius 1 is 1.47 bits per heavy atom. The minimum atomic E-state index is 0.640. The van der Waals surface area contributed by atoms with E-state index in [4.69, 9.17) is 4.74 Å². The first-order chi connectivity index (χ1) is 8.36. The summed E-state index contributed by atoms with van der Waals surface area (Å²) in [7, 11) is 1.72. The molecule has 3 rings (SSSR count). The highest BCUT2D eigenvalue weighted by atomic mass is 16.5. The Labute approximate surface area is 102 Å². The molecule has 0 saturated carbocycles. The van der Waals surface area contributed by atoms with Crippen molar-refractivity contribution < 1.29 is 4.74 Å². The number of ether oxygens (including phenoxy) is 1. The predicted octanol–water partition coefficient (Wildman–Crippen LogP) is 1.03. The van der Waals surface area contributed by atoms with Gasteiger partial charge in [-0.25, -0.2) is 0 Å². The number of fused-ring (bicyclic) bond motifs is 2. The third-order valence-corrected chi connectivity index (χ3v) is 3.74. The molecule has 4 heteroatoms. The molecule has 0 amide bonds. The lowest BCUT2D eigenvalue weighted by molar-refractivity contribution is 0.184. The molecule has 2 aliphatic rings. The summed E-state index contributed by atoms with van der Waals surface area (Å²) in [6.45, 7) is 4.07. The van der Waals surface area contributed by atoms with Crippen LogP contribution in [0.4, 0.5) is 5.69 Å². The van der Waals surface area contributed by atoms with Crippen molar-refractivity contribution in [2.45, 2.75) is 19.1 Å². The van der Waals surface area contributed by atoms with E-state index >= 15 is 0 Å². The van der Waals surface area contributed by atoms with Crippen LogP contribution in [0.1, 0.15) is 12.0 Å². The number of hydrogen-bond acceptors (Lipinski definition) is 4. The molecule has 3 heterocycles. The molecule has 2 fully saturated rings. The fourth-order valence-electron chi connectivity index (χ4n) is 3.00. The molecule has 0 spiro atoms. The van der Waals surface area contributed by atoms with Crippen LogP contribution in [0.25, 0.3) is 0 Å². The number of hydrogen-bond donors (Lipinski definition) is 1. The van der Waals surface area contributed by atoms with Crippen LogP contribution in [-0.2, 0) is 11.3 Å². The SMILES string of the molecule is COCc1cncc(N2CC3CNCC2C3)c1. The number of pyridine rings is 1. The van der Waals surface area contributed by atoms with Gasteiger partial charge in [0.1, 0.15) is 0 Å². The Hall–Kier alpha value is -1.13. The van der Waals surface area contributed by atoms with E-state index in [0.29, 0.717) is 12.6 Å². The van der Waals surface area contributed by atoms with Crippen molar-refractivity contribution in [1.82, 2.24) is 10.3 Å². The number of aromatic nitrogens is 1. The van der Waals surface area contributed by atoms with Gasteiger partial charge in [-0.05, 0) is 30.5 Å². The topological polar surface area (TPSA) is 37.4 Å². The van der Waals surface area contributed by atoms with E-state index < -0.39 is 0 Å². The fraction of sp³-hybridized carbons (Fsp3) is 0.615. The summed E-state index contributed by atoms with van der Waals surface area (Å²) in [4.78, 5) is 6.82. The smallest absolute Gasteiger partial charge is 0.0728 e. The Balaban J connectivity index is 1.81. The third kappa shape index (κ3) is 2.15. The highest BCUT2D eigenvalue weighted by Crippen LogP contribution is 2.30. The van der Waals surface area contributed by atoms with Crippen LogP contribution in [0.3, 0.4) is 0 Å². The Kier molecular flexibility index (Phi) is 2.99. The maximum Gasteiger partial charge on any atom is 0.0728 e. The Morgan fingerprint density at radius 2 is 2.41 bits per heavy atom. The van der Waals surface area contributed by atoms with Gasteiger partial charge in [-0.15, -0.1) is 0 Å². The van der Waals surface area contributed by atoms with Crippen LogP contribution < -0.4 is 10.2 Å². The summed E-state index contributed by atoms with van der Waals surface area (Å²) in [6, 6.07) is 2.85. The van der Waals surface area contributed by atoms with Gasteiger partial charge in [0.25, 0.3) is 0 Å². The monoisotopic (exact) mass is 233 g/mol. The third-order valence-electron chi connectivity index (χ3n) is 3.74. The molecule has 1 aromatic heterocycles. The van der Waals surface area contributed by atoms with Gasteiger partial charge in [-0.3, -0.25) is 4.98 Å². The first kappa shape index (κ1) is 11.0. The van der Waals surface area contributed by atoms with Gasteiger partial charge in [-0.1, -0.05) is 0 Å². The summed E-state index contributed by atoms with van der Waals surface area (Å²) >= 11 is 0. The molecule has 0 radical (unpaired) electrons. The molecule has 1 N–H and O–H groups in total.